The first-order valence-corrected chi connectivity index (χ1v) is 10.8. The summed E-state index contributed by atoms with van der Waals surface area (Å²) in [6, 6.07) is 17.1. The lowest BCUT2D eigenvalue weighted by atomic mass is 9.96. The monoisotopic (exact) mass is 440 g/mol. The number of hydrogen-bond donors (Lipinski definition) is 1. The molecule has 1 saturated heterocycles. The summed E-state index contributed by atoms with van der Waals surface area (Å²) in [5.41, 5.74) is 0.936. The van der Waals surface area contributed by atoms with Gasteiger partial charge in [0.25, 0.3) is 0 Å². The maximum Gasteiger partial charge on any atom is 0.241 e. The zero-order valence-corrected chi connectivity index (χ0v) is 17.9. The van der Waals surface area contributed by atoms with E-state index in [2.05, 4.69) is 20.4 Å². The van der Waals surface area contributed by atoms with Crippen molar-refractivity contribution in [3.05, 3.63) is 65.5 Å². The van der Waals surface area contributed by atoms with E-state index < -0.39 is 0 Å². The molecule has 2 aromatic carbocycles. The molecule has 162 valence electrons. The van der Waals surface area contributed by atoms with Gasteiger partial charge in [-0.25, -0.2) is 0 Å². The highest BCUT2D eigenvalue weighted by molar-refractivity contribution is 6.32. The standard InChI is InChI=1S/C23H25ClN4O3/c24-19-8-4-5-9-20(19)30-15-12-25-23(29)18-10-13-28(14-11-18)16-21-26-22(27-31-21)17-6-2-1-3-7-17/h1-9,18H,10-16H2,(H,25,29). The van der Waals surface area contributed by atoms with Crippen molar-refractivity contribution in [3.63, 3.8) is 0 Å². The lowest BCUT2D eigenvalue weighted by Crippen LogP contribution is -2.41. The molecule has 7 nitrogen and oxygen atoms in total. The van der Waals surface area contributed by atoms with Gasteiger partial charge in [0.1, 0.15) is 12.4 Å². The summed E-state index contributed by atoms with van der Waals surface area (Å²) in [6.45, 7) is 3.07. The summed E-state index contributed by atoms with van der Waals surface area (Å²) in [5, 5.41) is 7.60. The van der Waals surface area contributed by atoms with Crippen molar-refractivity contribution in [1.82, 2.24) is 20.4 Å². The first kappa shape index (κ1) is 21.3. The van der Waals surface area contributed by atoms with Crippen LogP contribution in [0.1, 0.15) is 18.7 Å². The normalized spacial score (nSPS) is 15.0. The van der Waals surface area contributed by atoms with Crippen LogP contribution >= 0.6 is 11.6 Å². The molecule has 0 aliphatic carbocycles. The summed E-state index contributed by atoms with van der Waals surface area (Å²) >= 11 is 6.06. The zero-order valence-electron chi connectivity index (χ0n) is 17.2. The molecule has 1 N–H and O–H groups in total. The number of nitrogens with one attached hydrogen (secondary N) is 1. The van der Waals surface area contributed by atoms with E-state index in [1.807, 2.05) is 48.5 Å². The Morgan fingerprint density at radius 1 is 1.13 bits per heavy atom. The minimum Gasteiger partial charge on any atom is -0.490 e. The van der Waals surface area contributed by atoms with Crippen LogP contribution in [-0.4, -0.2) is 47.2 Å². The molecule has 1 aliphatic heterocycles. The van der Waals surface area contributed by atoms with Gasteiger partial charge in [0, 0.05) is 11.5 Å². The molecule has 8 heteroatoms. The van der Waals surface area contributed by atoms with E-state index in [9.17, 15) is 4.79 Å². The van der Waals surface area contributed by atoms with E-state index >= 15 is 0 Å². The van der Waals surface area contributed by atoms with Gasteiger partial charge in [0.05, 0.1) is 18.1 Å². The van der Waals surface area contributed by atoms with E-state index in [0.717, 1.165) is 31.5 Å². The molecular weight excluding hydrogens is 416 g/mol. The number of likely N-dealkylation sites (tertiary alicyclic amines) is 1. The molecule has 1 amide bonds. The van der Waals surface area contributed by atoms with E-state index in [1.165, 1.54) is 0 Å². The Hall–Kier alpha value is -2.90. The number of carbonyl (C=O) groups is 1. The number of rotatable bonds is 8. The highest BCUT2D eigenvalue weighted by Gasteiger charge is 2.25. The van der Waals surface area contributed by atoms with Gasteiger partial charge >= 0.3 is 0 Å². The second kappa shape index (κ2) is 10.4. The number of ether oxygens (including phenoxy) is 1. The Balaban J connectivity index is 1.17. The van der Waals surface area contributed by atoms with Gasteiger partial charge in [-0.2, -0.15) is 4.98 Å². The van der Waals surface area contributed by atoms with Crippen LogP contribution in [0.5, 0.6) is 5.75 Å². The van der Waals surface area contributed by atoms with Gasteiger partial charge in [0.15, 0.2) is 0 Å². The molecule has 0 unspecified atom stereocenters. The molecule has 1 aromatic heterocycles. The van der Waals surface area contributed by atoms with Gasteiger partial charge in [-0.3, -0.25) is 9.69 Å². The van der Waals surface area contributed by atoms with Crippen LogP contribution in [-0.2, 0) is 11.3 Å². The third-order valence-electron chi connectivity index (χ3n) is 5.31. The second-order valence-electron chi connectivity index (χ2n) is 7.50. The summed E-state index contributed by atoms with van der Waals surface area (Å²) in [7, 11) is 0. The number of carbonyl (C=O) groups excluding carboxylic acids is 1. The van der Waals surface area contributed by atoms with Crippen LogP contribution < -0.4 is 10.1 Å². The number of amides is 1. The van der Waals surface area contributed by atoms with Gasteiger partial charge in [-0.15, -0.1) is 0 Å². The Morgan fingerprint density at radius 3 is 2.65 bits per heavy atom. The van der Waals surface area contributed by atoms with E-state index in [4.69, 9.17) is 20.9 Å². The van der Waals surface area contributed by atoms with E-state index in [1.54, 1.807) is 6.07 Å². The fourth-order valence-electron chi connectivity index (χ4n) is 3.61. The maximum absolute atomic E-state index is 12.4. The minimum atomic E-state index is 0.0131. The van der Waals surface area contributed by atoms with E-state index in [-0.39, 0.29) is 11.8 Å². The number of aromatic nitrogens is 2. The third-order valence-corrected chi connectivity index (χ3v) is 5.63. The molecule has 0 radical (unpaired) electrons. The molecule has 4 rings (SSSR count). The van der Waals surface area contributed by atoms with Crippen molar-refractivity contribution < 1.29 is 14.1 Å². The first-order valence-electron chi connectivity index (χ1n) is 10.4. The topological polar surface area (TPSA) is 80.5 Å². The molecule has 31 heavy (non-hydrogen) atoms. The van der Waals surface area contributed by atoms with Crippen molar-refractivity contribution >= 4 is 17.5 Å². The van der Waals surface area contributed by atoms with Crippen LogP contribution in [0.3, 0.4) is 0 Å². The minimum absolute atomic E-state index is 0.0131. The highest BCUT2D eigenvalue weighted by atomic mass is 35.5. The summed E-state index contributed by atoms with van der Waals surface area (Å²) in [5.74, 6) is 1.91. The first-order chi connectivity index (χ1) is 15.2. The average Bonchev–Trinajstić information content (AvgIpc) is 3.27. The van der Waals surface area contributed by atoms with Crippen LogP contribution in [0.25, 0.3) is 11.4 Å². The SMILES string of the molecule is O=C(NCCOc1ccccc1Cl)C1CCN(Cc2nc(-c3ccccc3)no2)CC1. The number of hydrogen-bond acceptors (Lipinski definition) is 6. The fraction of sp³-hybridized carbons (Fsp3) is 0.348. The van der Waals surface area contributed by atoms with Crippen molar-refractivity contribution in [2.75, 3.05) is 26.2 Å². The van der Waals surface area contributed by atoms with Gasteiger partial charge < -0.3 is 14.6 Å². The predicted octanol–water partition coefficient (Wildman–Crippen LogP) is 3.80. The second-order valence-corrected chi connectivity index (χ2v) is 7.91. The smallest absolute Gasteiger partial charge is 0.241 e. The summed E-state index contributed by atoms with van der Waals surface area (Å²) in [6.07, 6.45) is 1.60. The number of piperidine rings is 1. The van der Waals surface area contributed by atoms with Crippen molar-refractivity contribution in [3.8, 4) is 17.1 Å². The highest BCUT2D eigenvalue weighted by Crippen LogP contribution is 2.23. The van der Waals surface area contributed by atoms with Gasteiger partial charge in [-0.05, 0) is 38.1 Å². The average molecular weight is 441 g/mol. The third kappa shape index (κ3) is 5.83. The number of para-hydroxylation sites is 1. The number of nitrogens with zero attached hydrogens (tertiary/aromatic N) is 3. The summed E-state index contributed by atoms with van der Waals surface area (Å²) < 4.78 is 11.0. The number of halogens is 1. The Bertz CT molecular complexity index is 987. The summed E-state index contributed by atoms with van der Waals surface area (Å²) in [4.78, 5) is 19.2. The van der Waals surface area contributed by atoms with Crippen molar-refractivity contribution in [2.24, 2.45) is 5.92 Å². The molecule has 2 heterocycles. The van der Waals surface area contributed by atoms with Crippen molar-refractivity contribution in [2.45, 2.75) is 19.4 Å². The largest absolute Gasteiger partial charge is 0.490 e. The maximum atomic E-state index is 12.4. The lowest BCUT2D eigenvalue weighted by molar-refractivity contribution is -0.126. The van der Waals surface area contributed by atoms with Crippen LogP contribution in [0, 0.1) is 5.92 Å². The van der Waals surface area contributed by atoms with Crippen molar-refractivity contribution in [1.29, 1.82) is 0 Å². The van der Waals surface area contributed by atoms with Crippen LogP contribution in [0.15, 0.2) is 59.1 Å². The van der Waals surface area contributed by atoms with E-state index in [0.29, 0.717) is 42.2 Å². The molecule has 0 atom stereocenters. The van der Waals surface area contributed by atoms with Gasteiger partial charge in [0.2, 0.25) is 17.6 Å². The molecule has 0 spiro atoms. The van der Waals surface area contributed by atoms with Crippen LogP contribution in [0.4, 0.5) is 0 Å². The number of benzene rings is 2. The van der Waals surface area contributed by atoms with Crippen LogP contribution in [0.2, 0.25) is 5.02 Å². The fourth-order valence-corrected chi connectivity index (χ4v) is 3.80. The molecular formula is C23H25ClN4O3. The Kier molecular flexibility index (Phi) is 7.17. The molecule has 1 aliphatic rings. The Morgan fingerprint density at radius 2 is 1.87 bits per heavy atom. The molecule has 3 aromatic rings. The molecule has 1 fully saturated rings. The Labute approximate surface area is 186 Å². The molecule has 0 bridgehead atoms. The molecule has 0 saturated carbocycles. The lowest BCUT2D eigenvalue weighted by Gasteiger charge is -2.30. The predicted molar refractivity (Wildman–Crippen MR) is 118 cm³/mol. The quantitative estimate of drug-likeness (QED) is 0.537. The van der Waals surface area contributed by atoms with Gasteiger partial charge in [-0.1, -0.05) is 59.2 Å². The zero-order chi connectivity index (χ0) is 21.5.